The van der Waals surface area contributed by atoms with Gasteiger partial charge in [-0.1, -0.05) is 0 Å². The Hall–Kier alpha value is -0.520. The van der Waals surface area contributed by atoms with E-state index in [1.165, 1.54) is 11.3 Å². The van der Waals surface area contributed by atoms with Gasteiger partial charge in [-0.25, -0.2) is 8.78 Å². The molecule has 0 aliphatic carbocycles. The summed E-state index contributed by atoms with van der Waals surface area (Å²) in [4.78, 5) is 2.66. The summed E-state index contributed by atoms with van der Waals surface area (Å²) in [5, 5.41) is 5.05. The lowest BCUT2D eigenvalue weighted by Crippen LogP contribution is -2.48. The lowest BCUT2D eigenvalue weighted by molar-refractivity contribution is -0.0332. The highest BCUT2D eigenvalue weighted by molar-refractivity contribution is 7.10. The summed E-state index contributed by atoms with van der Waals surface area (Å²) >= 11 is 1.43. The Labute approximate surface area is 105 Å². The Morgan fingerprint density at radius 3 is 2.71 bits per heavy atom. The standard InChI is InChI=1S/C12H18F2N2S/c1-10-2-7-17-11(10)8-12(13,14)9-16-5-3-15-4-6-16/h2,7,15H,3-6,8-9H2,1H3. The summed E-state index contributed by atoms with van der Waals surface area (Å²) in [5.74, 6) is -2.62. The molecule has 0 radical (unpaired) electrons. The molecule has 2 nitrogen and oxygen atoms in total. The van der Waals surface area contributed by atoms with Crippen molar-refractivity contribution in [2.75, 3.05) is 32.7 Å². The summed E-state index contributed by atoms with van der Waals surface area (Å²) in [6.45, 7) is 4.85. The van der Waals surface area contributed by atoms with Crippen molar-refractivity contribution in [2.45, 2.75) is 19.3 Å². The number of halogens is 2. The smallest absolute Gasteiger partial charge is 0.265 e. The molecule has 2 heterocycles. The molecule has 1 fully saturated rings. The first kappa shape index (κ1) is 12.9. The molecule has 1 saturated heterocycles. The predicted octanol–water partition coefficient (Wildman–Crippen LogP) is 2.14. The summed E-state index contributed by atoms with van der Waals surface area (Å²) in [7, 11) is 0. The molecule has 1 aliphatic rings. The van der Waals surface area contributed by atoms with Crippen molar-refractivity contribution in [3.8, 4) is 0 Å². The maximum atomic E-state index is 13.9. The third-order valence-corrected chi connectivity index (χ3v) is 4.07. The van der Waals surface area contributed by atoms with Crippen molar-refractivity contribution in [3.05, 3.63) is 21.9 Å². The first-order valence-corrected chi connectivity index (χ1v) is 6.79. The van der Waals surface area contributed by atoms with Crippen LogP contribution in [0.2, 0.25) is 0 Å². The lowest BCUT2D eigenvalue weighted by Gasteiger charge is -2.30. The fourth-order valence-electron chi connectivity index (χ4n) is 2.07. The molecular formula is C12H18F2N2S. The minimum atomic E-state index is -2.62. The van der Waals surface area contributed by atoms with Crippen molar-refractivity contribution in [1.29, 1.82) is 0 Å². The van der Waals surface area contributed by atoms with Crippen LogP contribution >= 0.6 is 11.3 Å². The number of nitrogens with zero attached hydrogens (tertiary/aromatic N) is 1. The number of rotatable bonds is 4. The zero-order valence-corrected chi connectivity index (χ0v) is 10.8. The van der Waals surface area contributed by atoms with Crippen LogP contribution in [0.3, 0.4) is 0 Å². The fourth-order valence-corrected chi connectivity index (χ4v) is 3.06. The highest BCUT2D eigenvalue weighted by Gasteiger charge is 2.33. The molecule has 1 aromatic heterocycles. The molecule has 5 heteroatoms. The highest BCUT2D eigenvalue weighted by atomic mass is 32.1. The van der Waals surface area contributed by atoms with Crippen molar-refractivity contribution in [1.82, 2.24) is 10.2 Å². The van der Waals surface area contributed by atoms with E-state index in [-0.39, 0.29) is 13.0 Å². The molecule has 96 valence electrons. The van der Waals surface area contributed by atoms with Crippen LogP contribution in [-0.2, 0) is 6.42 Å². The van der Waals surface area contributed by atoms with Gasteiger partial charge in [0, 0.05) is 37.5 Å². The minimum Gasteiger partial charge on any atom is -0.314 e. The molecule has 0 aromatic carbocycles. The first-order valence-electron chi connectivity index (χ1n) is 5.91. The van der Waals surface area contributed by atoms with Gasteiger partial charge in [-0.2, -0.15) is 0 Å². The number of hydrogen-bond donors (Lipinski definition) is 1. The molecule has 1 aliphatic heterocycles. The normalized spacial score (nSPS) is 18.5. The van der Waals surface area contributed by atoms with Gasteiger partial charge >= 0.3 is 0 Å². The summed E-state index contributed by atoms with van der Waals surface area (Å²) in [6, 6.07) is 1.90. The van der Waals surface area contributed by atoms with Crippen LogP contribution in [0.4, 0.5) is 8.78 Å². The number of piperazine rings is 1. The van der Waals surface area contributed by atoms with E-state index in [1.807, 2.05) is 23.3 Å². The molecule has 0 amide bonds. The van der Waals surface area contributed by atoms with Gasteiger partial charge in [0.2, 0.25) is 0 Å². The SMILES string of the molecule is Cc1ccsc1CC(F)(F)CN1CCNCC1. The number of alkyl halides is 2. The largest absolute Gasteiger partial charge is 0.314 e. The van der Waals surface area contributed by atoms with Gasteiger partial charge in [-0.3, -0.25) is 4.90 Å². The Kier molecular flexibility index (Phi) is 4.12. The first-order chi connectivity index (χ1) is 8.07. The van der Waals surface area contributed by atoms with Gasteiger partial charge in [0.25, 0.3) is 5.92 Å². The Bertz CT molecular complexity index is 359. The number of nitrogens with one attached hydrogen (secondary N) is 1. The van der Waals surface area contributed by atoms with Gasteiger partial charge in [0.1, 0.15) is 0 Å². The van der Waals surface area contributed by atoms with E-state index in [0.29, 0.717) is 0 Å². The third-order valence-electron chi connectivity index (χ3n) is 3.05. The average Bonchev–Trinajstić information content (AvgIpc) is 2.64. The van der Waals surface area contributed by atoms with Crippen LogP contribution in [-0.4, -0.2) is 43.5 Å². The van der Waals surface area contributed by atoms with Gasteiger partial charge < -0.3 is 5.32 Å². The molecule has 17 heavy (non-hydrogen) atoms. The zero-order chi connectivity index (χ0) is 12.3. The second kappa shape index (κ2) is 5.42. The minimum absolute atomic E-state index is 0.119. The maximum absolute atomic E-state index is 13.9. The lowest BCUT2D eigenvalue weighted by atomic mass is 10.1. The van der Waals surface area contributed by atoms with Crippen molar-refractivity contribution in [2.24, 2.45) is 0 Å². The Morgan fingerprint density at radius 2 is 2.12 bits per heavy atom. The van der Waals surface area contributed by atoms with E-state index < -0.39 is 5.92 Å². The molecule has 2 rings (SSSR count). The quantitative estimate of drug-likeness (QED) is 0.892. The van der Waals surface area contributed by atoms with Crippen molar-refractivity contribution < 1.29 is 8.78 Å². The van der Waals surface area contributed by atoms with Crippen LogP contribution in [0.5, 0.6) is 0 Å². The van der Waals surface area contributed by atoms with Crippen LogP contribution in [0.1, 0.15) is 10.4 Å². The van der Waals surface area contributed by atoms with Crippen LogP contribution in [0.15, 0.2) is 11.4 Å². The van der Waals surface area contributed by atoms with Crippen LogP contribution < -0.4 is 5.32 Å². The topological polar surface area (TPSA) is 15.3 Å². The second-order valence-electron chi connectivity index (χ2n) is 4.59. The number of aryl methyl sites for hydroxylation is 1. The maximum Gasteiger partial charge on any atom is 0.265 e. The molecule has 0 bridgehead atoms. The van der Waals surface area contributed by atoms with E-state index in [2.05, 4.69) is 5.32 Å². The predicted molar refractivity (Wildman–Crippen MR) is 67.0 cm³/mol. The number of thiophene rings is 1. The third kappa shape index (κ3) is 3.72. The molecule has 0 spiro atoms. The zero-order valence-electron chi connectivity index (χ0n) is 10.0. The second-order valence-corrected chi connectivity index (χ2v) is 5.59. The summed E-state index contributed by atoms with van der Waals surface area (Å²) in [6.07, 6.45) is -0.125. The molecule has 0 unspecified atom stereocenters. The van der Waals surface area contributed by atoms with E-state index in [4.69, 9.17) is 0 Å². The fraction of sp³-hybridized carbons (Fsp3) is 0.667. The van der Waals surface area contributed by atoms with Crippen LogP contribution in [0.25, 0.3) is 0 Å². The molecule has 0 atom stereocenters. The summed E-state index contributed by atoms with van der Waals surface area (Å²) in [5.41, 5.74) is 0.981. The monoisotopic (exact) mass is 260 g/mol. The molecule has 1 N–H and O–H groups in total. The highest BCUT2D eigenvalue weighted by Crippen LogP contribution is 2.26. The Balaban J connectivity index is 1.91. The van der Waals surface area contributed by atoms with Crippen molar-refractivity contribution >= 4 is 11.3 Å². The molecule has 0 saturated carbocycles. The van der Waals surface area contributed by atoms with Gasteiger partial charge in [-0.05, 0) is 23.9 Å². The average molecular weight is 260 g/mol. The van der Waals surface area contributed by atoms with E-state index in [0.717, 1.165) is 36.6 Å². The Morgan fingerprint density at radius 1 is 1.41 bits per heavy atom. The number of hydrogen-bond acceptors (Lipinski definition) is 3. The molecular weight excluding hydrogens is 242 g/mol. The van der Waals surface area contributed by atoms with Gasteiger partial charge in [-0.15, -0.1) is 11.3 Å². The summed E-state index contributed by atoms with van der Waals surface area (Å²) < 4.78 is 27.8. The van der Waals surface area contributed by atoms with Crippen molar-refractivity contribution in [3.63, 3.8) is 0 Å². The van der Waals surface area contributed by atoms with E-state index in [1.54, 1.807) is 0 Å². The van der Waals surface area contributed by atoms with Crippen LogP contribution in [0, 0.1) is 6.92 Å². The van der Waals surface area contributed by atoms with Gasteiger partial charge in [0.15, 0.2) is 0 Å². The van der Waals surface area contributed by atoms with E-state index in [9.17, 15) is 8.78 Å². The van der Waals surface area contributed by atoms with Gasteiger partial charge in [0.05, 0.1) is 6.54 Å². The molecule has 1 aromatic rings. The van der Waals surface area contributed by atoms with E-state index >= 15 is 0 Å².